The van der Waals surface area contributed by atoms with Crippen LogP contribution in [0.5, 0.6) is 0 Å². The first-order valence-electron chi connectivity index (χ1n) is 14.3. The van der Waals surface area contributed by atoms with Crippen LogP contribution >= 0.6 is 23.4 Å². The molecule has 1 unspecified atom stereocenters. The fourth-order valence-electron chi connectivity index (χ4n) is 4.57. The van der Waals surface area contributed by atoms with E-state index in [0.29, 0.717) is 37.5 Å². The average Bonchev–Trinajstić information content (AvgIpc) is 2.97. The van der Waals surface area contributed by atoms with Crippen molar-refractivity contribution in [2.24, 2.45) is 5.73 Å². The molecule has 2 aromatic rings. The molecule has 11 heteroatoms. The van der Waals surface area contributed by atoms with Crippen molar-refractivity contribution in [3.05, 3.63) is 64.7 Å². The highest BCUT2D eigenvalue weighted by Gasteiger charge is 2.34. The minimum atomic E-state index is -1.11. The lowest BCUT2D eigenvalue weighted by atomic mass is 10.1. The normalized spacial score (nSPS) is 15.1. The molecular weight excluding hydrogens is 576 g/mol. The van der Waals surface area contributed by atoms with Gasteiger partial charge in [0.2, 0.25) is 5.91 Å². The number of amides is 2. The number of carbonyl (C=O) groups is 3. The van der Waals surface area contributed by atoms with Crippen molar-refractivity contribution >= 4 is 46.8 Å². The predicted octanol–water partition coefficient (Wildman–Crippen LogP) is 4.02. The van der Waals surface area contributed by atoms with Gasteiger partial charge in [-0.25, -0.2) is 0 Å². The number of nitrogens with zero attached hydrogens (tertiary/aromatic N) is 3. The van der Waals surface area contributed by atoms with Crippen LogP contribution in [0, 0.1) is 0 Å². The lowest BCUT2D eigenvalue weighted by Crippen LogP contribution is -2.49. The molecular formula is C31H43ClN4O5S. The first kappa shape index (κ1) is 33.9. The summed E-state index contributed by atoms with van der Waals surface area (Å²) >= 11 is 7.19. The number of carboxylic acid groups (broad SMARTS) is 1. The van der Waals surface area contributed by atoms with Crippen LogP contribution in [0.4, 0.5) is 5.69 Å². The highest BCUT2D eigenvalue weighted by molar-refractivity contribution is 8.01. The third-order valence-corrected chi connectivity index (χ3v) is 9.01. The van der Waals surface area contributed by atoms with E-state index in [-0.39, 0.29) is 23.7 Å². The van der Waals surface area contributed by atoms with Crippen LogP contribution in [-0.4, -0.2) is 101 Å². The topological polar surface area (TPSA) is 116 Å². The molecule has 3 N–H and O–H groups in total. The van der Waals surface area contributed by atoms with Gasteiger partial charge in [0.15, 0.2) is 0 Å². The number of halogens is 1. The van der Waals surface area contributed by atoms with Gasteiger partial charge in [-0.1, -0.05) is 23.7 Å². The Morgan fingerprint density at radius 1 is 1.05 bits per heavy atom. The molecule has 9 nitrogen and oxygen atoms in total. The number of hydrogen-bond acceptors (Lipinski definition) is 7. The highest BCUT2D eigenvalue weighted by atomic mass is 35.5. The molecule has 0 aromatic heterocycles. The van der Waals surface area contributed by atoms with Crippen molar-refractivity contribution < 1.29 is 24.2 Å². The second-order valence-electron chi connectivity index (χ2n) is 11.2. The number of rotatable bonds is 14. The van der Waals surface area contributed by atoms with Crippen LogP contribution < -0.4 is 10.6 Å². The Bertz CT molecular complexity index is 1180. The SMILES string of the molecule is CC(C)OCCN(C(=O)CSC(C)(C)C(N)C(=O)O)c1ccc(C(=O)N2CCN(CCc3ccc(Cl)cc3)CC2)cc1. The maximum Gasteiger partial charge on any atom is 0.321 e. The Balaban J connectivity index is 1.58. The van der Waals surface area contributed by atoms with E-state index in [1.165, 1.54) is 17.3 Å². The van der Waals surface area contributed by atoms with Crippen LogP contribution in [0.3, 0.4) is 0 Å². The molecule has 1 aliphatic rings. The van der Waals surface area contributed by atoms with Crippen molar-refractivity contribution in [2.75, 3.05) is 56.5 Å². The average molecular weight is 619 g/mol. The van der Waals surface area contributed by atoms with Crippen molar-refractivity contribution in [3.8, 4) is 0 Å². The maximum atomic E-state index is 13.3. The molecule has 2 aromatic carbocycles. The number of ether oxygens (including phenoxy) is 1. The monoisotopic (exact) mass is 618 g/mol. The summed E-state index contributed by atoms with van der Waals surface area (Å²) in [5, 5.41) is 10.0. The molecule has 42 heavy (non-hydrogen) atoms. The Hall–Kier alpha value is -2.63. The summed E-state index contributed by atoms with van der Waals surface area (Å²) < 4.78 is 4.85. The van der Waals surface area contributed by atoms with Gasteiger partial charge in [-0.3, -0.25) is 19.3 Å². The largest absolute Gasteiger partial charge is 0.480 e. The summed E-state index contributed by atoms with van der Waals surface area (Å²) in [6, 6.07) is 13.9. The van der Waals surface area contributed by atoms with Gasteiger partial charge in [0.1, 0.15) is 6.04 Å². The number of nitrogens with two attached hydrogens (primary N) is 1. The van der Waals surface area contributed by atoms with E-state index in [4.69, 9.17) is 22.1 Å². The van der Waals surface area contributed by atoms with Gasteiger partial charge in [0.05, 0.1) is 18.5 Å². The molecule has 0 spiro atoms. The zero-order valence-electron chi connectivity index (χ0n) is 24.9. The van der Waals surface area contributed by atoms with Gasteiger partial charge in [0, 0.05) is 60.3 Å². The van der Waals surface area contributed by atoms with Crippen LogP contribution in [0.15, 0.2) is 48.5 Å². The minimum absolute atomic E-state index is 0.0155. The third kappa shape index (κ3) is 9.98. The van der Waals surface area contributed by atoms with Crippen molar-refractivity contribution in [3.63, 3.8) is 0 Å². The van der Waals surface area contributed by atoms with Gasteiger partial charge >= 0.3 is 5.97 Å². The van der Waals surface area contributed by atoms with Gasteiger partial charge in [-0.2, -0.15) is 0 Å². The summed E-state index contributed by atoms with van der Waals surface area (Å²) in [5.41, 5.74) is 8.30. The quantitative estimate of drug-likeness (QED) is 0.326. The first-order chi connectivity index (χ1) is 19.9. The molecule has 3 rings (SSSR count). The molecule has 2 amide bonds. The summed E-state index contributed by atoms with van der Waals surface area (Å²) in [5.74, 6) is -1.27. The van der Waals surface area contributed by atoms with Gasteiger partial charge in [-0.15, -0.1) is 11.8 Å². The van der Waals surface area contributed by atoms with E-state index < -0.39 is 16.8 Å². The predicted molar refractivity (Wildman–Crippen MR) is 170 cm³/mol. The van der Waals surface area contributed by atoms with Gasteiger partial charge < -0.3 is 25.4 Å². The molecule has 1 heterocycles. The molecule has 1 aliphatic heterocycles. The Morgan fingerprint density at radius 2 is 1.67 bits per heavy atom. The molecule has 0 aliphatic carbocycles. The number of carbonyl (C=O) groups excluding carboxylic acids is 2. The fourth-order valence-corrected chi connectivity index (χ4v) is 5.63. The molecule has 1 fully saturated rings. The summed E-state index contributed by atoms with van der Waals surface area (Å²) in [7, 11) is 0. The number of thioether (sulfide) groups is 1. The molecule has 0 radical (unpaired) electrons. The number of carboxylic acids is 1. The molecule has 0 saturated carbocycles. The number of aliphatic carboxylic acids is 1. The highest BCUT2D eigenvalue weighted by Crippen LogP contribution is 2.28. The van der Waals surface area contributed by atoms with Crippen LogP contribution in [0.2, 0.25) is 5.02 Å². The lowest BCUT2D eigenvalue weighted by molar-refractivity contribution is -0.139. The molecule has 1 atom stereocenters. The Kier molecular flexibility index (Phi) is 12.7. The zero-order valence-corrected chi connectivity index (χ0v) is 26.5. The summed E-state index contributed by atoms with van der Waals surface area (Å²) in [4.78, 5) is 43.8. The number of anilines is 1. The van der Waals surface area contributed by atoms with Crippen LogP contribution in [0.1, 0.15) is 43.6 Å². The van der Waals surface area contributed by atoms with Gasteiger partial charge in [-0.05, 0) is 76.1 Å². The van der Waals surface area contributed by atoms with Crippen molar-refractivity contribution in [2.45, 2.75) is 51.0 Å². The Labute approximate surface area is 258 Å². The first-order valence-corrected chi connectivity index (χ1v) is 15.6. The second kappa shape index (κ2) is 15.7. The third-order valence-electron chi connectivity index (χ3n) is 7.37. The summed E-state index contributed by atoms with van der Waals surface area (Å²) in [6.45, 7) is 11.8. The van der Waals surface area contributed by atoms with Gasteiger partial charge in [0.25, 0.3) is 5.91 Å². The molecule has 0 bridgehead atoms. The minimum Gasteiger partial charge on any atom is -0.480 e. The van der Waals surface area contributed by atoms with Crippen molar-refractivity contribution in [1.82, 2.24) is 9.80 Å². The second-order valence-corrected chi connectivity index (χ2v) is 13.3. The van der Waals surface area contributed by atoms with E-state index in [1.807, 2.05) is 43.0 Å². The Morgan fingerprint density at radius 3 is 2.24 bits per heavy atom. The molecule has 230 valence electrons. The van der Waals surface area contributed by atoms with E-state index in [1.54, 1.807) is 43.0 Å². The zero-order chi connectivity index (χ0) is 30.9. The van der Waals surface area contributed by atoms with Crippen LogP contribution in [0.25, 0.3) is 0 Å². The lowest BCUT2D eigenvalue weighted by Gasteiger charge is -2.35. The van der Waals surface area contributed by atoms with Crippen molar-refractivity contribution in [1.29, 1.82) is 0 Å². The maximum absolute atomic E-state index is 13.3. The standard InChI is InChI=1S/C31H43ClN4O5S/c1-22(2)41-20-19-36(27(37)21-42-31(3,4)28(33)30(39)40)26-11-7-24(8-12-26)29(38)35-17-15-34(16-18-35)14-13-23-5-9-25(32)10-6-23/h5-12,22,28H,13-21,33H2,1-4H3,(H,39,40). The smallest absolute Gasteiger partial charge is 0.321 e. The fraction of sp³-hybridized carbons (Fsp3) is 0.516. The van der Waals surface area contributed by atoms with E-state index >= 15 is 0 Å². The summed E-state index contributed by atoms with van der Waals surface area (Å²) in [6.07, 6.45) is 0.952. The number of benzene rings is 2. The number of hydrogen-bond donors (Lipinski definition) is 2. The van der Waals surface area contributed by atoms with E-state index in [0.717, 1.165) is 31.1 Å². The van der Waals surface area contributed by atoms with Crippen LogP contribution in [-0.2, 0) is 20.7 Å². The van der Waals surface area contributed by atoms with E-state index in [2.05, 4.69) is 4.90 Å². The molecule has 1 saturated heterocycles. The van der Waals surface area contributed by atoms with E-state index in [9.17, 15) is 19.5 Å². The number of piperazine rings is 1.